The molecule has 0 saturated heterocycles. The Bertz CT molecular complexity index is 1370. The summed E-state index contributed by atoms with van der Waals surface area (Å²) in [5, 5.41) is 11.8. The fraction of sp³-hybridized carbons (Fsp3) is 0.214. The summed E-state index contributed by atoms with van der Waals surface area (Å²) in [6.45, 7) is 1.73. The maximum atomic E-state index is 13.1. The van der Waals surface area contributed by atoms with Crippen molar-refractivity contribution >= 4 is 23.6 Å². The Morgan fingerprint density at radius 1 is 0.872 bits per heavy atom. The van der Waals surface area contributed by atoms with Crippen molar-refractivity contribution in [2.45, 2.75) is 19.2 Å². The number of methoxy groups -OCH3 is 1. The van der Waals surface area contributed by atoms with E-state index in [1.807, 2.05) is 0 Å². The van der Waals surface area contributed by atoms with Crippen LogP contribution in [0.5, 0.6) is 0 Å². The van der Waals surface area contributed by atoms with Gasteiger partial charge in [-0.1, -0.05) is 76.1 Å². The topological polar surface area (TPSA) is 91.1 Å². The molecule has 0 amide bonds. The number of carbonyl (C=O) groups is 1. The van der Waals surface area contributed by atoms with Crippen LogP contribution in [-0.2, 0) is 30.2 Å². The third-order valence-electron chi connectivity index (χ3n) is 5.50. The summed E-state index contributed by atoms with van der Waals surface area (Å²) in [5.74, 6) is -0.678. The molecule has 0 aliphatic rings. The number of halogens is 3. The molecule has 0 aliphatic carbocycles. The fourth-order valence-corrected chi connectivity index (χ4v) is 3.64. The Labute approximate surface area is 223 Å². The fourth-order valence-electron chi connectivity index (χ4n) is 3.64. The number of oxime groups is 3. The molecule has 3 aromatic carbocycles. The van der Waals surface area contributed by atoms with E-state index >= 15 is 0 Å². The van der Waals surface area contributed by atoms with E-state index in [4.69, 9.17) is 19.2 Å². The third kappa shape index (κ3) is 7.44. The zero-order valence-electron chi connectivity index (χ0n) is 21.6. The molecule has 3 rings (SSSR count). The van der Waals surface area contributed by atoms with E-state index in [9.17, 15) is 18.0 Å². The first-order valence-corrected chi connectivity index (χ1v) is 11.6. The van der Waals surface area contributed by atoms with Crippen LogP contribution in [0.15, 0.2) is 88.3 Å². The van der Waals surface area contributed by atoms with Crippen LogP contribution in [-0.4, -0.2) is 44.9 Å². The minimum absolute atomic E-state index is 0.0301. The van der Waals surface area contributed by atoms with Gasteiger partial charge in [-0.2, -0.15) is 13.2 Å². The highest BCUT2D eigenvalue weighted by Crippen LogP contribution is 2.32. The van der Waals surface area contributed by atoms with E-state index in [-0.39, 0.29) is 5.71 Å². The molecule has 0 spiro atoms. The summed E-state index contributed by atoms with van der Waals surface area (Å²) in [4.78, 5) is 27.5. The first kappa shape index (κ1) is 28.9. The molecule has 8 nitrogen and oxygen atoms in total. The largest absolute Gasteiger partial charge is 0.464 e. The van der Waals surface area contributed by atoms with Gasteiger partial charge in [0.1, 0.15) is 26.0 Å². The predicted molar refractivity (Wildman–Crippen MR) is 140 cm³/mol. The monoisotopic (exact) mass is 541 g/mol. The van der Waals surface area contributed by atoms with Gasteiger partial charge in [0.2, 0.25) is 0 Å². The van der Waals surface area contributed by atoms with E-state index in [0.29, 0.717) is 33.5 Å². The van der Waals surface area contributed by atoms with Crippen LogP contribution in [0, 0.1) is 0 Å². The Hall–Kier alpha value is -4.67. The minimum atomic E-state index is -4.43. The Morgan fingerprint density at radius 2 is 1.56 bits per heavy atom. The van der Waals surface area contributed by atoms with E-state index in [2.05, 4.69) is 15.5 Å². The van der Waals surface area contributed by atoms with Gasteiger partial charge in [0.05, 0.1) is 18.9 Å². The van der Waals surface area contributed by atoms with Crippen LogP contribution in [0.3, 0.4) is 0 Å². The van der Waals surface area contributed by atoms with Gasteiger partial charge in [-0.15, -0.1) is 0 Å². The van der Waals surface area contributed by atoms with Crippen molar-refractivity contribution in [3.63, 3.8) is 0 Å². The summed E-state index contributed by atoms with van der Waals surface area (Å²) < 4.78 is 44.0. The number of carbonyl (C=O) groups excluding carboxylic acids is 1. The molecule has 11 heteroatoms. The average molecular weight is 542 g/mol. The SMILES string of the molecule is CON=C(C=NOC(C)c1ccccc1C(=NOC)C(=O)OC)c1ccc(-c2cccc(C(F)(F)F)c2)cc1. The molecule has 204 valence electrons. The van der Waals surface area contributed by atoms with Crippen LogP contribution in [0.1, 0.15) is 35.3 Å². The summed E-state index contributed by atoms with van der Waals surface area (Å²) in [6.07, 6.45) is -3.71. The average Bonchev–Trinajstić information content (AvgIpc) is 2.94. The van der Waals surface area contributed by atoms with E-state index in [0.717, 1.165) is 12.1 Å². The van der Waals surface area contributed by atoms with Crippen LogP contribution >= 0.6 is 0 Å². The van der Waals surface area contributed by atoms with Crippen LogP contribution in [0.25, 0.3) is 11.1 Å². The van der Waals surface area contributed by atoms with Crippen molar-refractivity contribution in [3.8, 4) is 11.1 Å². The van der Waals surface area contributed by atoms with Crippen LogP contribution in [0.4, 0.5) is 13.2 Å². The van der Waals surface area contributed by atoms with Crippen LogP contribution in [0.2, 0.25) is 0 Å². The van der Waals surface area contributed by atoms with Crippen molar-refractivity contribution in [3.05, 3.63) is 95.1 Å². The Balaban J connectivity index is 1.80. The van der Waals surface area contributed by atoms with Crippen molar-refractivity contribution in [2.24, 2.45) is 15.5 Å². The van der Waals surface area contributed by atoms with E-state index in [1.54, 1.807) is 61.5 Å². The highest BCUT2D eigenvalue weighted by Gasteiger charge is 2.30. The lowest BCUT2D eigenvalue weighted by atomic mass is 9.99. The summed E-state index contributed by atoms with van der Waals surface area (Å²) >= 11 is 0. The third-order valence-corrected chi connectivity index (χ3v) is 5.50. The molecular formula is C28H26F3N3O5. The van der Waals surface area contributed by atoms with Crippen molar-refractivity contribution in [2.75, 3.05) is 21.3 Å². The smallest absolute Gasteiger partial charge is 0.416 e. The molecule has 0 N–H and O–H groups in total. The number of benzene rings is 3. The minimum Gasteiger partial charge on any atom is -0.464 e. The Kier molecular flexibility index (Phi) is 9.80. The van der Waals surface area contributed by atoms with Gasteiger partial charge in [-0.3, -0.25) is 0 Å². The molecule has 0 radical (unpaired) electrons. The van der Waals surface area contributed by atoms with Gasteiger partial charge >= 0.3 is 12.1 Å². The molecule has 1 atom stereocenters. The Morgan fingerprint density at radius 3 is 2.21 bits per heavy atom. The predicted octanol–water partition coefficient (Wildman–Crippen LogP) is 6.01. The lowest BCUT2D eigenvalue weighted by Crippen LogP contribution is -2.20. The number of ether oxygens (including phenoxy) is 1. The summed E-state index contributed by atoms with van der Waals surface area (Å²) in [7, 11) is 3.93. The number of rotatable bonds is 10. The highest BCUT2D eigenvalue weighted by molar-refractivity contribution is 6.43. The van der Waals surface area contributed by atoms with Gasteiger partial charge in [-0.25, -0.2) is 4.79 Å². The van der Waals surface area contributed by atoms with Crippen molar-refractivity contribution in [1.82, 2.24) is 0 Å². The van der Waals surface area contributed by atoms with E-state index < -0.39 is 23.8 Å². The molecular weight excluding hydrogens is 515 g/mol. The molecule has 3 aromatic rings. The highest BCUT2D eigenvalue weighted by atomic mass is 19.4. The number of nitrogens with zero attached hydrogens (tertiary/aromatic N) is 3. The maximum absolute atomic E-state index is 13.1. The van der Waals surface area contributed by atoms with Gasteiger partial charge < -0.3 is 19.2 Å². The lowest BCUT2D eigenvalue weighted by molar-refractivity contribution is -0.137. The van der Waals surface area contributed by atoms with Gasteiger partial charge in [0.25, 0.3) is 0 Å². The summed E-state index contributed by atoms with van der Waals surface area (Å²) in [5.41, 5.74) is 2.22. The lowest BCUT2D eigenvalue weighted by Gasteiger charge is -2.15. The zero-order valence-corrected chi connectivity index (χ0v) is 21.6. The molecule has 0 heterocycles. The van der Waals surface area contributed by atoms with Gasteiger partial charge in [0.15, 0.2) is 5.71 Å². The standard InChI is InChI=1S/C28H26F3N3O5/c1-18(23-10-5-6-11-24(23)26(34-38-4)27(35)36-2)39-32-17-25(33-37-3)20-14-12-19(13-15-20)21-8-7-9-22(16-21)28(29,30)31/h5-18H,1-4H3. The number of hydrogen-bond donors (Lipinski definition) is 0. The zero-order chi connectivity index (χ0) is 28.4. The molecule has 0 aromatic heterocycles. The molecule has 39 heavy (non-hydrogen) atoms. The summed E-state index contributed by atoms with van der Waals surface area (Å²) in [6, 6.07) is 18.7. The quantitative estimate of drug-likeness (QED) is 0.178. The van der Waals surface area contributed by atoms with Crippen LogP contribution < -0.4 is 0 Å². The van der Waals surface area contributed by atoms with Crippen molar-refractivity contribution in [1.29, 1.82) is 0 Å². The first-order valence-electron chi connectivity index (χ1n) is 11.6. The number of esters is 1. The van der Waals surface area contributed by atoms with Crippen molar-refractivity contribution < 1.29 is 37.2 Å². The molecule has 0 aliphatic heterocycles. The van der Waals surface area contributed by atoms with E-state index in [1.165, 1.54) is 33.6 Å². The maximum Gasteiger partial charge on any atom is 0.416 e. The second kappa shape index (κ2) is 13.2. The van der Waals surface area contributed by atoms with Gasteiger partial charge in [0, 0.05) is 16.7 Å². The second-order valence-corrected chi connectivity index (χ2v) is 8.00. The van der Waals surface area contributed by atoms with Gasteiger partial charge in [-0.05, 0) is 30.2 Å². The number of alkyl halides is 3. The second-order valence-electron chi connectivity index (χ2n) is 8.00. The first-order chi connectivity index (χ1) is 18.7. The molecule has 0 saturated carbocycles. The molecule has 0 bridgehead atoms. The number of hydrogen-bond acceptors (Lipinski definition) is 8. The molecule has 1 unspecified atom stereocenters. The normalized spacial score (nSPS) is 13.2. The molecule has 0 fully saturated rings.